The van der Waals surface area contributed by atoms with Gasteiger partial charge < -0.3 is 9.80 Å². The van der Waals surface area contributed by atoms with E-state index in [9.17, 15) is 0 Å². The second-order valence-corrected chi connectivity index (χ2v) is 48.2. The first-order valence-corrected chi connectivity index (χ1v) is 56.0. The molecule has 0 N–H and O–H groups in total. The van der Waals surface area contributed by atoms with Gasteiger partial charge in [0.15, 0.2) is 5.69 Å². The van der Waals surface area contributed by atoms with Gasteiger partial charge in [-0.1, -0.05) is 522 Å². The van der Waals surface area contributed by atoms with E-state index in [1.165, 1.54) is 89.5 Å². The van der Waals surface area contributed by atoms with E-state index in [0.717, 1.165) is 73.8 Å². The SMILES string of the molecule is CC(C)(CN1CCN(c2ccc(Cl)cc2Cl)[C@H](c2ccc(Cl)cc2)C1)c1ccc(I)cc1.[C-]#[N+]c1ccc(C(C)(C)CN2CCN(c3ccc(Cl)cc3Cl)[C@H](c3ccc(Cl)cc3)C2)cc1.[Pd].c1ccc(P(c2ccccc2)c2ccccc2)cc1.c1ccc(P(c2ccccc2)c2ccccc2)cc1.c1ccc(P(c2ccccc2)c2ccccc2)cc1.c1ccc(P(c2ccccc2)c2ccccc2)cc1. The van der Waals surface area contributed by atoms with Crippen LogP contribution in [0.5, 0.6) is 0 Å². The van der Waals surface area contributed by atoms with Gasteiger partial charge in [0.05, 0.1) is 40.1 Å². The Morgan fingerprint density at radius 2 is 0.472 bits per heavy atom. The average molecular weight is 2250 g/mol. The van der Waals surface area contributed by atoms with Crippen molar-refractivity contribution in [1.82, 2.24) is 9.80 Å². The molecule has 5 nitrogen and oxygen atoms in total. The molecule has 0 aromatic heterocycles. The number of nitrogens with zero attached hydrogens (tertiary/aromatic N) is 5. The van der Waals surface area contributed by atoms with Crippen LogP contribution in [0.3, 0.4) is 0 Å². The molecule has 18 aromatic carbocycles. The van der Waals surface area contributed by atoms with Gasteiger partial charge in [0, 0.05) is 107 Å². The van der Waals surface area contributed by atoms with Crippen LogP contribution >= 0.6 is 124 Å². The van der Waals surface area contributed by atoms with Crippen LogP contribution in [-0.4, -0.2) is 62.2 Å². The third-order valence-electron chi connectivity index (χ3n) is 24.7. The third kappa shape index (κ3) is 30.5. The molecule has 0 aliphatic carbocycles. The van der Waals surface area contributed by atoms with Crippen molar-refractivity contribution in [1.29, 1.82) is 0 Å². The number of hydrogen-bond acceptors (Lipinski definition) is 4. The number of benzene rings is 18. The van der Waals surface area contributed by atoms with Crippen LogP contribution in [0, 0.1) is 10.1 Å². The maximum absolute atomic E-state index is 7.20. The normalized spacial score (nSPS) is 13.6. The number of anilines is 2. The summed E-state index contributed by atoms with van der Waals surface area (Å²) in [7, 11) is -1.78. The van der Waals surface area contributed by atoms with Gasteiger partial charge in [0.1, 0.15) is 0 Å². The van der Waals surface area contributed by atoms with Crippen molar-refractivity contribution in [2.24, 2.45) is 0 Å². The Bertz CT molecular complexity index is 6000. The van der Waals surface area contributed by atoms with Gasteiger partial charge in [-0.25, -0.2) is 4.85 Å². The van der Waals surface area contributed by atoms with E-state index >= 15 is 0 Å². The molecule has 2 fully saturated rings. The van der Waals surface area contributed by atoms with Gasteiger partial charge in [-0.2, -0.15) is 0 Å². The summed E-state index contributed by atoms with van der Waals surface area (Å²) in [5, 5.41) is 20.9. The van der Waals surface area contributed by atoms with E-state index in [2.05, 4.69) is 499 Å². The molecule has 2 aliphatic heterocycles. The van der Waals surface area contributed by atoms with E-state index in [4.69, 9.17) is 76.2 Å². The zero-order chi connectivity index (χ0) is 98.1. The molecule has 20 rings (SSSR count). The summed E-state index contributed by atoms with van der Waals surface area (Å²) in [6.07, 6.45) is 0. The number of halogens is 7. The van der Waals surface area contributed by atoms with Crippen molar-refractivity contribution in [2.45, 2.75) is 50.6 Å². The van der Waals surface area contributed by atoms with Gasteiger partial charge >= 0.3 is 0 Å². The molecule has 2 atom stereocenters. The smallest absolute Gasteiger partial charge is 0.187 e. The molecule has 18 aromatic rings. The fourth-order valence-electron chi connectivity index (χ4n) is 17.8. The zero-order valence-electron chi connectivity index (χ0n) is 79.6. The minimum Gasteiger partial charge on any atom is -0.361 e. The molecule has 0 saturated carbocycles. The Morgan fingerprint density at radius 1 is 0.268 bits per heavy atom. The fraction of sp³-hybridized carbons (Fsp3) is 0.128. The van der Waals surface area contributed by atoms with Crippen LogP contribution in [0.15, 0.2) is 497 Å². The summed E-state index contributed by atoms with van der Waals surface area (Å²) in [6.45, 7) is 23.7. The van der Waals surface area contributed by atoms with Crippen molar-refractivity contribution in [3.8, 4) is 0 Å². The van der Waals surface area contributed by atoms with Gasteiger partial charge in [-0.05, 0) is 213 Å². The Hall–Kier alpha value is -10.2. The van der Waals surface area contributed by atoms with Crippen molar-refractivity contribution < 1.29 is 20.4 Å². The summed E-state index contributed by atoms with van der Waals surface area (Å²) in [4.78, 5) is 13.4. The van der Waals surface area contributed by atoms with Crippen LogP contribution in [0.1, 0.15) is 62.0 Å². The predicted octanol–water partition coefficient (Wildman–Crippen LogP) is 29.9. The molecule has 2 aliphatic rings. The van der Waals surface area contributed by atoms with Crippen LogP contribution in [0.25, 0.3) is 4.85 Å². The molecular formula is C125H112Cl6IN5P4Pd. The Labute approximate surface area is 903 Å². The average Bonchev–Trinajstić information content (AvgIpc) is 0.776. The first-order chi connectivity index (χ1) is 68.8. The summed E-state index contributed by atoms with van der Waals surface area (Å²) in [5.41, 5.74) is 7.73. The minimum absolute atomic E-state index is 0. The predicted molar refractivity (Wildman–Crippen MR) is 627 cm³/mol. The molecule has 0 amide bonds. The minimum atomic E-state index is -0.446. The second kappa shape index (κ2) is 54.7. The van der Waals surface area contributed by atoms with Crippen molar-refractivity contribution in [3.05, 3.63) is 565 Å². The summed E-state index contributed by atoms with van der Waals surface area (Å²) in [6, 6.07) is 174. The van der Waals surface area contributed by atoms with Crippen LogP contribution in [-0.2, 0) is 31.3 Å². The molecule has 142 heavy (non-hydrogen) atoms. The largest absolute Gasteiger partial charge is 0.361 e. The second-order valence-electron chi connectivity index (χ2n) is 35.5. The summed E-state index contributed by atoms with van der Waals surface area (Å²) in [5.74, 6) is 0. The zero-order valence-corrected chi connectivity index (χ0v) is 91.5. The molecule has 0 spiro atoms. The molecule has 0 radical (unpaired) electrons. The van der Waals surface area contributed by atoms with E-state index < -0.39 is 31.7 Å². The molecule has 0 bridgehead atoms. The maximum Gasteiger partial charge on any atom is 0.187 e. The Balaban J connectivity index is 0.000000138. The molecule has 2 saturated heterocycles. The number of hydrogen-bond donors (Lipinski definition) is 0. The molecule has 17 heteroatoms. The van der Waals surface area contributed by atoms with E-state index in [-0.39, 0.29) is 43.3 Å². The first-order valence-electron chi connectivity index (χ1n) is 47.2. The third-order valence-corrected chi connectivity index (χ3v) is 36.8. The van der Waals surface area contributed by atoms with Crippen LogP contribution < -0.4 is 73.5 Å². The van der Waals surface area contributed by atoms with E-state index in [1.54, 1.807) is 6.07 Å². The Morgan fingerprint density at radius 3 is 0.676 bits per heavy atom. The number of rotatable bonds is 22. The molecule has 716 valence electrons. The number of piperazine rings is 2. The van der Waals surface area contributed by atoms with E-state index in [1.807, 2.05) is 66.7 Å². The van der Waals surface area contributed by atoms with Gasteiger partial charge in [0.25, 0.3) is 0 Å². The molecular weight excluding hydrogens is 2140 g/mol. The van der Waals surface area contributed by atoms with Crippen LogP contribution in [0.2, 0.25) is 30.1 Å². The van der Waals surface area contributed by atoms with E-state index in [0.29, 0.717) is 25.8 Å². The monoisotopic (exact) mass is 2250 g/mol. The molecule has 0 unspecified atom stereocenters. The Kier molecular flexibility index (Phi) is 41.4. The maximum atomic E-state index is 7.20. The van der Waals surface area contributed by atoms with Crippen molar-refractivity contribution >= 4 is 205 Å². The fourth-order valence-corrected chi connectivity index (χ4v) is 28.7. The topological polar surface area (TPSA) is 17.3 Å². The van der Waals surface area contributed by atoms with Gasteiger partial charge in [-0.3, -0.25) is 9.80 Å². The molecule has 2 heterocycles. The first kappa shape index (κ1) is 108. The van der Waals surface area contributed by atoms with Gasteiger partial charge in [-0.15, -0.1) is 0 Å². The van der Waals surface area contributed by atoms with Crippen molar-refractivity contribution in [2.75, 3.05) is 62.2 Å². The standard InChI is InChI=1S/C27H26Cl3N3.C26H26Cl3IN2.4C18H15P.Pd/c1-27(2,20-6-11-23(31-3)12-7-20)18-32-14-15-33(25-13-10-22(29)16-24(25)30)26(17-32)19-4-8-21(28)9-5-19;1-26(2,19-5-10-22(30)11-6-19)17-31-13-14-32(24-12-9-21(28)15-23(24)29)25(16-31)18-3-7-20(27)8-4-18;4*1-4-10-16(11-5-1)19(17-12-6-2-7-13-17)18-14-8-3-9-15-18;/h4-13,16,26H,14-15,17-18H2,1-2H3;3-12,15,25H,13-14,16-17H2,1-2H3;4*1-15H;/t26-;25-;;;;;/m00...../s1. The quantitative estimate of drug-likeness (QED) is 0.0291. The summed E-state index contributed by atoms with van der Waals surface area (Å²) < 4.78 is 1.26. The van der Waals surface area contributed by atoms with Crippen LogP contribution in [0.4, 0.5) is 17.1 Å². The van der Waals surface area contributed by atoms with Crippen molar-refractivity contribution in [3.63, 3.8) is 0 Å². The summed E-state index contributed by atoms with van der Waals surface area (Å²) >= 11 is 40.3. The van der Waals surface area contributed by atoms with Gasteiger partial charge in [0.2, 0.25) is 0 Å².